The summed E-state index contributed by atoms with van der Waals surface area (Å²) in [5.41, 5.74) is 3.18. The molecule has 41 heavy (non-hydrogen) atoms. The van der Waals surface area contributed by atoms with Gasteiger partial charge in [-0.1, -0.05) is 18.6 Å². The van der Waals surface area contributed by atoms with E-state index in [1.165, 1.54) is 12.1 Å². The van der Waals surface area contributed by atoms with Gasteiger partial charge in [0.25, 0.3) is 5.91 Å². The highest BCUT2D eigenvalue weighted by Crippen LogP contribution is 2.44. The Morgan fingerprint density at radius 3 is 2.32 bits per heavy atom. The summed E-state index contributed by atoms with van der Waals surface area (Å²) < 4.78 is 96.7. The summed E-state index contributed by atoms with van der Waals surface area (Å²) in [5, 5.41) is 6.06. The molecular formula is C26H20F7N5O2S. The van der Waals surface area contributed by atoms with Crippen LogP contribution >= 0.6 is 11.3 Å². The van der Waals surface area contributed by atoms with Crippen LogP contribution in [0.3, 0.4) is 0 Å². The van der Waals surface area contributed by atoms with Gasteiger partial charge in [-0.25, -0.2) is 9.37 Å². The quantitative estimate of drug-likeness (QED) is 0.206. The molecule has 0 saturated carbocycles. The first-order chi connectivity index (χ1) is 19.2. The molecule has 3 aromatic heterocycles. The maximum atomic E-state index is 13.7. The van der Waals surface area contributed by atoms with Crippen molar-refractivity contribution in [3.8, 4) is 11.1 Å². The van der Waals surface area contributed by atoms with E-state index in [2.05, 4.69) is 15.4 Å². The number of alkyl halides is 6. The minimum absolute atomic E-state index is 0.0316. The third-order valence-electron chi connectivity index (χ3n) is 6.66. The first-order valence-electron chi connectivity index (χ1n) is 12.3. The fourth-order valence-electron chi connectivity index (χ4n) is 4.91. The van der Waals surface area contributed by atoms with Gasteiger partial charge in [0.15, 0.2) is 5.69 Å². The zero-order chi connectivity index (χ0) is 29.7. The number of hydrogen-bond acceptors (Lipinski definition) is 5. The summed E-state index contributed by atoms with van der Waals surface area (Å²) in [4.78, 5) is 28.5. The zero-order valence-electron chi connectivity index (χ0n) is 20.9. The lowest BCUT2D eigenvalue weighted by Crippen LogP contribution is -2.23. The molecule has 0 unspecified atom stereocenters. The molecule has 2 amide bonds. The molecule has 4 aromatic rings. The Morgan fingerprint density at radius 1 is 1.00 bits per heavy atom. The number of carbonyl (C=O) groups excluding carboxylic acids is 2. The maximum Gasteiger partial charge on any atom is 0.435 e. The molecule has 5 rings (SSSR count). The summed E-state index contributed by atoms with van der Waals surface area (Å²) in [6.07, 6.45) is -7.33. The number of hydrogen-bond donors (Lipinski definition) is 2. The molecule has 3 N–H and O–H groups in total. The number of primary amides is 1. The average molecular weight is 600 g/mol. The van der Waals surface area contributed by atoms with Crippen LogP contribution in [0.5, 0.6) is 0 Å². The fourth-order valence-corrected chi connectivity index (χ4v) is 5.92. The van der Waals surface area contributed by atoms with E-state index in [4.69, 9.17) is 5.73 Å². The normalized spacial score (nSPS) is 14.1. The van der Waals surface area contributed by atoms with Gasteiger partial charge in [-0.2, -0.15) is 31.4 Å². The molecule has 216 valence electrons. The van der Waals surface area contributed by atoms with E-state index in [0.29, 0.717) is 36.7 Å². The van der Waals surface area contributed by atoms with Crippen molar-refractivity contribution in [2.75, 3.05) is 5.32 Å². The molecule has 15 heteroatoms. The van der Waals surface area contributed by atoms with Crippen molar-refractivity contribution < 1.29 is 40.3 Å². The summed E-state index contributed by atoms with van der Waals surface area (Å²) in [6, 6.07) is 5.18. The first-order valence-corrected chi connectivity index (χ1v) is 13.1. The standard InChI is InChI=1S/C26H20F7N5O2S/c27-13-8-6-12(7-9-13)15-10-17(25(28,29)30)35-24-19(15)20(21(41-24)23(34)40)36-18(39)11-38-16-5-3-1-2-4-14(16)22(37-38)26(31,32)33/h6-10H,1-5,11H2,(H2,34,40)(H,36,39). The van der Waals surface area contributed by atoms with Gasteiger partial charge in [0, 0.05) is 16.6 Å². The van der Waals surface area contributed by atoms with Gasteiger partial charge in [-0.3, -0.25) is 14.3 Å². The van der Waals surface area contributed by atoms with Gasteiger partial charge in [0.2, 0.25) is 5.91 Å². The molecule has 7 nitrogen and oxygen atoms in total. The minimum Gasteiger partial charge on any atom is -0.365 e. The Labute approximate surface area is 231 Å². The van der Waals surface area contributed by atoms with Crippen molar-refractivity contribution in [1.82, 2.24) is 14.8 Å². The molecule has 0 fully saturated rings. The number of benzene rings is 1. The Balaban J connectivity index is 1.61. The number of amides is 2. The Bertz CT molecular complexity index is 1660. The topological polar surface area (TPSA) is 103 Å². The third kappa shape index (κ3) is 5.62. The van der Waals surface area contributed by atoms with Crippen LogP contribution < -0.4 is 11.1 Å². The number of nitrogens with two attached hydrogens (primary N) is 1. The van der Waals surface area contributed by atoms with Crippen LogP contribution in [-0.4, -0.2) is 26.6 Å². The molecule has 0 spiro atoms. The molecule has 0 atom stereocenters. The van der Waals surface area contributed by atoms with E-state index in [0.717, 1.165) is 16.8 Å². The van der Waals surface area contributed by atoms with Crippen molar-refractivity contribution in [1.29, 1.82) is 0 Å². The number of rotatable bonds is 5. The zero-order valence-corrected chi connectivity index (χ0v) is 21.7. The van der Waals surface area contributed by atoms with E-state index in [-0.39, 0.29) is 56.0 Å². The molecule has 3 heterocycles. The lowest BCUT2D eigenvalue weighted by molar-refractivity contribution is -0.142. The highest BCUT2D eigenvalue weighted by Gasteiger charge is 2.39. The highest BCUT2D eigenvalue weighted by atomic mass is 32.1. The van der Waals surface area contributed by atoms with Gasteiger partial charge in [0.05, 0.1) is 5.69 Å². The molecule has 1 aromatic carbocycles. The summed E-state index contributed by atoms with van der Waals surface area (Å²) in [5.74, 6) is -2.61. The lowest BCUT2D eigenvalue weighted by atomic mass is 10.0. The number of thiophene rings is 1. The smallest absolute Gasteiger partial charge is 0.365 e. The van der Waals surface area contributed by atoms with Gasteiger partial charge < -0.3 is 11.1 Å². The van der Waals surface area contributed by atoms with Gasteiger partial charge in [-0.15, -0.1) is 11.3 Å². The number of aromatic nitrogens is 3. The molecule has 0 radical (unpaired) electrons. The van der Waals surface area contributed by atoms with E-state index in [9.17, 15) is 40.3 Å². The van der Waals surface area contributed by atoms with E-state index in [1.54, 1.807) is 0 Å². The van der Waals surface area contributed by atoms with Crippen LogP contribution in [0.4, 0.5) is 36.4 Å². The Morgan fingerprint density at radius 2 is 1.68 bits per heavy atom. The van der Waals surface area contributed by atoms with Gasteiger partial charge in [0.1, 0.15) is 27.8 Å². The van der Waals surface area contributed by atoms with Crippen molar-refractivity contribution in [2.24, 2.45) is 5.73 Å². The first kappa shape index (κ1) is 28.5. The van der Waals surface area contributed by atoms with Crippen molar-refractivity contribution in [3.63, 3.8) is 0 Å². The predicted octanol–water partition coefficient (Wildman–Crippen LogP) is 6.34. The monoisotopic (exact) mass is 599 g/mol. The number of nitrogens with one attached hydrogen (secondary N) is 1. The maximum absolute atomic E-state index is 13.7. The number of anilines is 1. The summed E-state index contributed by atoms with van der Waals surface area (Å²) in [7, 11) is 0. The Kier molecular flexibility index (Phi) is 7.26. The molecule has 1 aliphatic rings. The second kappa shape index (κ2) is 10.4. The second-order valence-electron chi connectivity index (χ2n) is 9.45. The third-order valence-corrected chi connectivity index (χ3v) is 7.76. The van der Waals surface area contributed by atoms with E-state index in [1.807, 2.05) is 0 Å². The van der Waals surface area contributed by atoms with Crippen LogP contribution in [0.2, 0.25) is 0 Å². The molecule has 0 aliphatic heterocycles. The van der Waals surface area contributed by atoms with Crippen LogP contribution in [-0.2, 0) is 36.5 Å². The largest absolute Gasteiger partial charge is 0.435 e. The predicted molar refractivity (Wildman–Crippen MR) is 136 cm³/mol. The number of pyridine rings is 1. The van der Waals surface area contributed by atoms with Crippen LogP contribution in [0.25, 0.3) is 21.3 Å². The number of carbonyl (C=O) groups is 2. The Hall–Kier alpha value is -4.01. The van der Waals surface area contributed by atoms with Crippen LogP contribution in [0, 0.1) is 5.82 Å². The van der Waals surface area contributed by atoms with Gasteiger partial charge >= 0.3 is 12.4 Å². The summed E-state index contributed by atoms with van der Waals surface area (Å²) >= 11 is 0.510. The minimum atomic E-state index is -4.88. The number of halogens is 7. The molecule has 0 bridgehead atoms. The molecule has 1 aliphatic carbocycles. The van der Waals surface area contributed by atoms with E-state index >= 15 is 0 Å². The van der Waals surface area contributed by atoms with Crippen molar-refractivity contribution in [2.45, 2.75) is 51.0 Å². The average Bonchev–Trinajstić information content (AvgIpc) is 3.31. The van der Waals surface area contributed by atoms with Gasteiger partial charge in [-0.05, 0) is 55.0 Å². The van der Waals surface area contributed by atoms with Crippen molar-refractivity contribution in [3.05, 3.63) is 63.7 Å². The number of nitrogens with zero attached hydrogens (tertiary/aromatic N) is 3. The lowest BCUT2D eigenvalue weighted by Gasteiger charge is -2.13. The SMILES string of the molecule is NC(=O)c1sc2nc(C(F)(F)F)cc(-c3ccc(F)cc3)c2c1NC(=O)Cn1nc(C(F)(F)F)c2c1CCCCC2. The van der Waals surface area contributed by atoms with Crippen LogP contribution in [0.15, 0.2) is 30.3 Å². The molecule has 0 saturated heterocycles. The van der Waals surface area contributed by atoms with Crippen LogP contribution in [0.1, 0.15) is 51.6 Å². The highest BCUT2D eigenvalue weighted by molar-refractivity contribution is 7.21. The van der Waals surface area contributed by atoms with E-state index < -0.39 is 47.9 Å². The number of fused-ring (bicyclic) bond motifs is 2. The second-order valence-corrected chi connectivity index (χ2v) is 10.4. The molecular weight excluding hydrogens is 579 g/mol. The summed E-state index contributed by atoms with van der Waals surface area (Å²) in [6.45, 7) is -0.659. The fraction of sp³-hybridized carbons (Fsp3) is 0.308. The van der Waals surface area contributed by atoms with Crippen molar-refractivity contribution >= 4 is 39.1 Å².